The molecule has 8 heteroatoms. The number of fused-ring (bicyclic) bond motifs is 1. The zero-order chi connectivity index (χ0) is 26.8. The third kappa shape index (κ3) is 6.68. The van der Waals surface area contributed by atoms with Crippen LogP contribution in [0.1, 0.15) is 81.2 Å². The first-order valence-electron chi connectivity index (χ1n) is 12.0. The lowest BCUT2D eigenvalue weighted by atomic mass is 9.82. The number of rotatable bonds is 9. The minimum atomic E-state index is -0.692. The molecule has 0 aliphatic heterocycles. The van der Waals surface area contributed by atoms with Crippen molar-refractivity contribution in [1.82, 2.24) is 9.38 Å². The maximum atomic E-state index is 14.1. The number of hydrogen-bond acceptors (Lipinski definition) is 5. The van der Waals surface area contributed by atoms with E-state index in [9.17, 15) is 18.4 Å². The number of esters is 1. The number of benzene rings is 1. The number of nitrogens with zero attached hydrogens (tertiary/aromatic N) is 2. The van der Waals surface area contributed by atoms with Crippen molar-refractivity contribution in [2.75, 3.05) is 0 Å². The van der Waals surface area contributed by atoms with Crippen LogP contribution in [-0.4, -0.2) is 26.7 Å². The minimum Gasteiger partial charge on any atom is -0.485 e. The molecule has 0 fully saturated rings. The topological polar surface area (TPSA) is 69.9 Å². The number of Topliss-reactive ketones (excluding diaryl/α,β-unsaturated/α-hetero) is 1. The number of aromatic nitrogens is 2. The molecule has 3 rings (SSSR count). The largest absolute Gasteiger partial charge is 0.485 e. The fourth-order valence-electron chi connectivity index (χ4n) is 4.06. The molecule has 2 heterocycles. The number of ketones is 1. The number of ether oxygens (including phenoxy) is 2. The zero-order valence-electron chi connectivity index (χ0n) is 22.0. The number of imidazole rings is 1. The zero-order valence-corrected chi connectivity index (χ0v) is 22.0. The predicted molar refractivity (Wildman–Crippen MR) is 133 cm³/mol. The van der Waals surface area contributed by atoms with Gasteiger partial charge in [-0.2, -0.15) is 0 Å². The summed E-state index contributed by atoms with van der Waals surface area (Å²) in [4.78, 5) is 30.1. The lowest BCUT2D eigenvalue weighted by Gasteiger charge is -2.25. The van der Waals surface area contributed by atoms with Crippen LogP contribution in [0.15, 0.2) is 30.5 Å². The van der Waals surface area contributed by atoms with E-state index in [1.165, 1.54) is 18.2 Å². The molecule has 2 aromatic heterocycles. The molecule has 0 aliphatic rings. The Morgan fingerprint density at radius 2 is 1.69 bits per heavy atom. The summed E-state index contributed by atoms with van der Waals surface area (Å²) in [5, 5.41) is 0. The Kier molecular flexibility index (Phi) is 7.86. The predicted octanol–water partition coefficient (Wildman–Crippen LogP) is 6.53. The highest BCUT2D eigenvalue weighted by Crippen LogP contribution is 2.32. The minimum absolute atomic E-state index is 0.120. The molecule has 0 saturated heterocycles. The summed E-state index contributed by atoms with van der Waals surface area (Å²) >= 11 is 0. The van der Waals surface area contributed by atoms with Crippen LogP contribution in [0, 0.1) is 30.9 Å². The molecule has 0 saturated carbocycles. The first kappa shape index (κ1) is 27.3. The Labute approximate surface area is 210 Å². The second-order valence-corrected chi connectivity index (χ2v) is 11.0. The quantitative estimate of drug-likeness (QED) is 0.247. The second-order valence-electron chi connectivity index (χ2n) is 11.0. The summed E-state index contributed by atoms with van der Waals surface area (Å²) in [7, 11) is 0. The van der Waals surface area contributed by atoms with Crippen molar-refractivity contribution >= 4 is 17.4 Å². The fourth-order valence-corrected chi connectivity index (χ4v) is 4.06. The van der Waals surface area contributed by atoms with Gasteiger partial charge in [-0.1, -0.05) is 19.9 Å². The van der Waals surface area contributed by atoms with Crippen molar-refractivity contribution in [1.29, 1.82) is 0 Å². The summed E-state index contributed by atoms with van der Waals surface area (Å²) in [5.74, 6) is -1.47. The van der Waals surface area contributed by atoms with Crippen LogP contribution >= 0.6 is 0 Å². The molecule has 3 aromatic rings. The molecule has 6 nitrogen and oxygen atoms in total. The van der Waals surface area contributed by atoms with Crippen molar-refractivity contribution in [3.05, 3.63) is 64.6 Å². The molecule has 1 aromatic carbocycles. The molecule has 36 heavy (non-hydrogen) atoms. The van der Waals surface area contributed by atoms with Crippen LogP contribution in [0.3, 0.4) is 0 Å². The number of halogens is 2. The van der Waals surface area contributed by atoms with E-state index in [4.69, 9.17) is 9.47 Å². The molecular weight excluding hydrogens is 466 g/mol. The first-order chi connectivity index (χ1) is 16.7. The first-order valence-corrected chi connectivity index (χ1v) is 12.0. The van der Waals surface area contributed by atoms with Crippen LogP contribution in [0.2, 0.25) is 0 Å². The SMILES string of the molecule is Cc1cc(OCc2c(F)cccc2F)c2nc(C)c(C(=O)CC(C)(C)CCC(=O)OC(C)(C)C)n2c1. The van der Waals surface area contributed by atoms with Gasteiger partial charge in [0.05, 0.1) is 11.3 Å². The highest BCUT2D eigenvalue weighted by Gasteiger charge is 2.28. The molecule has 194 valence electrons. The lowest BCUT2D eigenvalue weighted by Crippen LogP contribution is -2.26. The molecule has 0 aliphatic carbocycles. The van der Waals surface area contributed by atoms with Crippen molar-refractivity contribution in [2.45, 2.75) is 79.9 Å². The summed E-state index contributed by atoms with van der Waals surface area (Å²) in [6, 6.07) is 5.37. The highest BCUT2D eigenvalue weighted by molar-refractivity contribution is 5.97. The third-order valence-corrected chi connectivity index (χ3v) is 5.76. The second kappa shape index (κ2) is 10.4. The van der Waals surface area contributed by atoms with Gasteiger partial charge >= 0.3 is 5.97 Å². The Morgan fingerprint density at radius 1 is 1.06 bits per heavy atom. The van der Waals surface area contributed by atoms with Gasteiger partial charge in [-0.15, -0.1) is 0 Å². The molecule has 0 N–H and O–H groups in total. The van der Waals surface area contributed by atoms with E-state index in [0.717, 1.165) is 5.56 Å². The third-order valence-electron chi connectivity index (χ3n) is 5.76. The van der Waals surface area contributed by atoms with Crippen molar-refractivity contribution in [2.24, 2.45) is 5.41 Å². The Hall–Kier alpha value is -3.29. The summed E-state index contributed by atoms with van der Waals surface area (Å²) in [5.41, 5.74) is 0.947. The van der Waals surface area contributed by atoms with Crippen LogP contribution in [0.4, 0.5) is 8.78 Å². The van der Waals surface area contributed by atoms with Crippen LogP contribution in [0.5, 0.6) is 5.75 Å². The fraction of sp³-hybridized carbons (Fsp3) is 0.464. The van der Waals surface area contributed by atoms with Crippen LogP contribution in [0.25, 0.3) is 5.65 Å². The number of aryl methyl sites for hydroxylation is 2. The molecule has 0 bridgehead atoms. The van der Waals surface area contributed by atoms with Gasteiger partial charge in [-0.05, 0) is 70.2 Å². The van der Waals surface area contributed by atoms with E-state index in [1.807, 2.05) is 41.5 Å². The maximum absolute atomic E-state index is 14.1. The number of hydrogen-bond donors (Lipinski definition) is 0. The summed E-state index contributed by atoms with van der Waals surface area (Å²) in [6.45, 7) is 12.6. The van der Waals surface area contributed by atoms with E-state index in [0.29, 0.717) is 29.2 Å². The van der Waals surface area contributed by atoms with E-state index in [-0.39, 0.29) is 36.8 Å². The van der Waals surface area contributed by atoms with Gasteiger partial charge < -0.3 is 9.47 Å². The van der Waals surface area contributed by atoms with Crippen LogP contribution < -0.4 is 4.74 Å². The monoisotopic (exact) mass is 500 g/mol. The molecule has 0 spiro atoms. The Morgan fingerprint density at radius 3 is 2.31 bits per heavy atom. The summed E-state index contributed by atoms with van der Waals surface area (Å²) in [6.07, 6.45) is 2.69. The number of pyridine rings is 1. The van der Waals surface area contributed by atoms with Gasteiger partial charge in [0.15, 0.2) is 17.2 Å². The van der Waals surface area contributed by atoms with Crippen molar-refractivity contribution < 1.29 is 27.8 Å². The van der Waals surface area contributed by atoms with E-state index in [2.05, 4.69) is 4.98 Å². The van der Waals surface area contributed by atoms with Gasteiger partial charge in [0.25, 0.3) is 0 Å². The maximum Gasteiger partial charge on any atom is 0.306 e. The van der Waals surface area contributed by atoms with Crippen molar-refractivity contribution in [3.8, 4) is 5.75 Å². The lowest BCUT2D eigenvalue weighted by molar-refractivity contribution is -0.155. The molecule has 0 unspecified atom stereocenters. The van der Waals surface area contributed by atoms with Gasteiger partial charge in [-0.3, -0.25) is 14.0 Å². The van der Waals surface area contributed by atoms with Crippen molar-refractivity contribution in [3.63, 3.8) is 0 Å². The molecular formula is C28H34F2N2O4. The smallest absolute Gasteiger partial charge is 0.306 e. The van der Waals surface area contributed by atoms with Gasteiger partial charge in [0.1, 0.15) is 29.5 Å². The molecule has 0 atom stereocenters. The summed E-state index contributed by atoms with van der Waals surface area (Å²) < 4.78 is 40.9. The number of carbonyl (C=O) groups excluding carboxylic acids is 2. The molecule has 0 amide bonds. The van der Waals surface area contributed by atoms with Gasteiger partial charge in [0, 0.05) is 19.0 Å². The van der Waals surface area contributed by atoms with Gasteiger partial charge in [0.2, 0.25) is 0 Å². The van der Waals surface area contributed by atoms with Crippen LogP contribution in [-0.2, 0) is 16.1 Å². The average Bonchev–Trinajstić information content (AvgIpc) is 3.06. The Balaban J connectivity index is 1.81. The van der Waals surface area contributed by atoms with Gasteiger partial charge in [-0.25, -0.2) is 13.8 Å². The average molecular weight is 501 g/mol. The highest BCUT2D eigenvalue weighted by atomic mass is 19.1. The molecule has 0 radical (unpaired) electrons. The Bertz CT molecular complexity index is 1270. The van der Waals surface area contributed by atoms with E-state index in [1.54, 1.807) is 23.6 Å². The normalized spacial score (nSPS) is 12.1. The standard InChI is InChI=1S/C28H34F2N2O4/c1-17-13-23(35-16-19-20(29)9-8-10-21(19)30)26-31-18(2)25(32(26)15-17)22(33)14-28(6,7)12-11-24(34)36-27(3,4)5/h8-10,13,15H,11-12,14,16H2,1-7H3. The number of carbonyl (C=O) groups is 2. The van der Waals surface area contributed by atoms with E-state index >= 15 is 0 Å². The van der Waals surface area contributed by atoms with E-state index < -0.39 is 22.7 Å².